The number of rotatable bonds is 24. The number of alkyl halides is 1. The lowest BCUT2D eigenvalue weighted by molar-refractivity contribution is -0.0197. The first-order valence-electron chi connectivity index (χ1n) is 12.6. The summed E-state index contributed by atoms with van der Waals surface area (Å²) in [5.41, 5.74) is 0. The quantitative estimate of drug-likeness (QED) is 0.115. The number of halogens is 1. The molecule has 0 heterocycles. The van der Waals surface area contributed by atoms with Gasteiger partial charge in [-0.05, 0) is 25.7 Å². The van der Waals surface area contributed by atoms with Crippen molar-refractivity contribution in [2.45, 2.75) is 136 Å². The van der Waals surface area contributed by atoms with Gasteiger partial charge in [0.05, 0.1) is 12.7 Å². The van der Waals surface area contributed by atoms with Gasteiger partial charge >= 0.3 is 0 Å². The Kier molecular flexibility index (Phi) is 25.4. The topological polar surface area (TPSA) is 18.5 Å². The highest BCUT2D eigenvalue weighted by atomic mass is 35.5. The van der Waals surface area contributed by atoms with Crippen LogP contribution in [0.4, 0.5) is 0 Å². The second-order valence-corrected chi connectivity index (χ2v) is 8.70. The summed E-state index contributed by atoms with van der Waals surface area (Å²) in [5.74, 6) is 0.835. The average molecular weight is 419 g/mol. The summed E-state index contributed by atoms with van der Waals surface area (Å²) in [4.78, 5) is 0. The Balaban J connectivity index is 3.13. The van der Waals surface area contributed by atoms with E-state index in [1.54, 1.807) is 0 Å². The molecule has 0 saturated carbocycles. The predicted molar refractivity (Wildman–Crippen MR) is 126 cm³/mol. The third-order valence-corrected chi connectivity index (χ3v) is 5.80. The molecule has 2 nitrogen and oxygen atoms in total. The van der Waals surface area contributed by atoms with Crippen LogP contribution >= 0.6 is 11.6 Å². The summed E-state index contributed by atoms with van der Waals surface area (Å²) in [6.45, 7) is 6.94. The molecule has 0 aliphatic heterocycles. The van der Waals surface area contributed by atoms with E-state index < -0.39 is 0 Å². The number of ether oxygens (including phenoxy) is 2. The van der Waals surface area contributed by atoms with Gasteiger partial charge in [-0.15, -0.1) is 11.6 Å². The SMILES string of the molecule is CCCCOC(CC)COCCCCCCCCCCCCCCCCCCl. The fourth-order valence-electron chi connectivity index (χ4n) is 3.49. The Morgan fingerprint density at radius 2 is 1.04 bits per heavy atom. The van der Waals surface area contributed by atoms with Crippen LogP contribution in [0.25, 0.3) is 0 Å². The minimum absolute atomic E-state index is 0.294. The lowest BCUT2D eigenvalue weighted by Gasteiger charge is -2.16. The van der Waals surface area contributed by atoms with Crippen molar-refractivity contribution in [3.63, 3.8) is 0 Å². The highest BCUT2D eigenvalue weighted by Gasteiger charge is 2.06. The van der Waals surface area contributed by atoms with Crippen molar-refractivity contribution >= 4 is 11.6 Å². The summed E-state index contributed by atoms with van der Waals surface area (Å²) in [5, 5.41) is 0. The smallest absolute Gasteiger partial charge is 0.0805 e. The van der Waals surface area contributed by atoms with E-state index in [4.69, 9.17) is 21.1 Å². The molecule has 3 heteroatoms. The summed E-state index contributed by atoms with van der Waals surface area (Å²) in [6.07, 6.45) is 24.3. The molecule has 0 aliphatic carbocycles. The molecule has 0 aromatic carbocycles. The normalized spacial score (nSPS) is 12.5. The number of unbranched alkanes of at least 4 members (excludes halogenated alkanes) is 15. The minimum Gasteiger partial charge on any atom is -0.379 e. The van der Waals surface area contributed by atoms with Crippen LogP contribution in [-0.2, 0) is 9.47 Å². The molecule has 0 aromatic heterocycles. The molecule has 170 valence electrons. The molecule has 0 fully saturated rings. The maximum absolute atomic E-state index is 5.84. The summed E-state index contributed by atoms with van der Waals surface area (Å²) < 4.78 is 11.6. The van der Waals surface area contributed by atoms with E-state index in [0.29, 0.717) is 6.10 Å². The Labute approximate surface area is 182 Å². The zero-order chi connectivity index (χ0) is 20.5. The molecule has 0 bridgehead atoms. The molecule has 0 N–H and O–H groups in total. The van der Waals surface area contributed by atoms with Crippen LogP contribution < -0.4 is 0 Å². The van der Waals surface area contributed by atoms with Crippen molar-refractivity contribution in [2.24, 2.45) is 0 Å². The van der Waals surface area contributed by atoms with Gasteiger partial charge in [0, 0.05) is 19.1 Å². The molecule has 0 aliphatic rings. The zero-order valence-corrected chi connectivity index (χ0v) is 20.1. The van der Waals surface area contributed by atoms with Gasteiger partial charge in [-0.3, -0.25) is 0 Å². The lowest BCUT2D eigenvalue weighted by Crippen LogP contribution is -2.20. The van der Waals surface area contributed by atoms with E-state index in [-0.39, 0.29) is 0 Å². The number of hydrogen-bond acceptors (Lipinski definition) is 2. The summed E-state index contributed by atoms with van der Waals surface area (Å²) >= 11 is 5.70. The molecule has 0 aromatic rings. The molecule has 0 amide bonds. The van der Waals surface area contributed by atoms with Crippen molar-refractivity contribution < 1.29 is 9.47 Å². The first kappa shape index (κ1) is 28.2. The van der Waals surface area contributed by atoms with Gasteiger partial charge in [-0.1, -0.05) is 104 Å². The minimum atomic E-state index is 0.294. The largest absolute Gasteiger partial charge is 0.379 e. The van der Waals surface area contributed by atoms with Gasteiger partial charge in [0.25, 0.3) is 0 Å². The van der Waals surface area contributed by atoms with Crippen molar-refractivity contribution in [1.29, 1.82) is 0 Å². The maximum atomic E-state index is 5.84. The lowest BCUT2D eigenvalue weighted by atomic mass is 10.0. The monoisotopic (exact) mass is 418 g/mol. The molecular formula is C25H51ClO2. The molecular weight excluding hydrogens is 368 g/mol. The van der Waals surface area contributed by atoms with Crippen molar-refractivity contribution in [2.75, 3.05) is 25.7 Å². The number of hydrogen-bond donors (Lipinski definition) is 0. The van der Waals surface area contributed by atoms with E-state index in [2.05, 4.69) is 13.8 Å². The van der Waals surface area contributed by atoms with Crippen molar-refractivity contribution in [1.82, 2.24) is 0 Å². The summed E-state index contributed by atoms with van der Waals surface area (Å²) in [6, 6.07) is 0. The molecule has 0 radical (unpaired) electrons. The molecule has 0 saturated heterocycles. The second-order valence-electron chi connectivity index (χ2n) is 8.32. The van der Waals surface area contributed by atoms with Gasteiger partial charge in [-0.2, -0.15) is 0 Å². The fraction of sp³-hybridized carbons (Fsp3) is 1.00. The standard InChI is InChI=1S/C25H51ClO2/c1-3-5-23-28-25(4-2)24-27-22-20-18-16-14-12-10-8-6-7-9-11-13-15-17-19-21-26/h25H,3-24H2,1-2H3. The van der Waals surface area contributed by atoms with Crippen molar-refractivity contribution in [3.05, 3.63) is 0 Å². The van der Waals surface area contributed by atoms with Crippen LogP contribution in [0.3, 0.4) is 0 Å². The van der Waals surface area contributed by atoms with E-state index in [1.165, 1.54) is 103 Å². The summed E-state index contributed by atoms with van der Waals surface area (Å²) in [7, 11) is 0. The predicted octanol–water partition coefficient (Wildman–Crippen LogP) is 8.69. The first-order chi connectivity index (χ1) is 13.8. The first-order valence-corrected chi connectivity index (χ1v) is 13.1. The third kappa shape index (κ3) is 22.5. The average Bonchev–Trinajstić information content (AvgIpc) is 2.71. The van der Waals surface area contributed by atoms with Crippen LogP contribution in [0.15, 0.2) is 0 Å². The fourth-order valence-corrected chi connectivity index (χ4v) is 3.68. The molecule has 1 atom stereocenters. The van der Waals surface area contributed by atoms with Gasteiger partial charge < -0.3 is 9.47 Å². The molecule has 0 rings (SSSR count). The van der Waals surface area contributed by atoms with Gasteiger partial charge in [0.2, 0.25) is 0 Å². The molecule has 0 spiro atoms. The van der Waals surface area contributed by atoms with Crippen LogP contribution in [-0.4, -0.2) is 31.8 Å². The van der Waals surface area contributed by atoms with E-state index in [1.807, 2.05) is 0 Å². The van der Waals surface area contributed by atoms with Gasteiger partial charge in [0.15, 0.2) is 0 Å². The van der Waals surface area contributed by atoms with E-state index >= 15 is 0 Å². The van der Waals surface area contributed by atoms with Crippen LogP contribution in [0.5, 0.6) is 0 Å². The van der Waals surface area contributed by atoms with Gasteiger partial charge in [-0.25, -0.2) is 0 Å². The van der Waals surface area contributed by atoms with Crippen LogP contribution in [0.1, 0.15) is 129 Å². The third-order valence-electron chi connectivity index (χ3n) is 5.53. The highest BCUT2D eigenvalue weighted by Crippen LogP contribution is 2.13. The van der Waals surface area contributed by atoms with Crippen LogP contribution in [0.2, 0.25) is 0 Å². The zero-order valence-electron chi connectivity index (χ0n) is 19.3. The highest BCUT2D eigenvalue weighted by molar-refractivity contribution is 6.17. The Morgan fingerprint density at radius 1 is 0.571 bits per heavy atom. The van der Waals surface area contributed by atoms with Crippen LogP contribution in [0, 0.1) is 0 Å². The Morgan fingerprint density at radius 3 is 1.46 bits per heavy atom. The maximum Gasteiger partial charge on any atom is 0.0805 e. The Hall–Kier alpha value is 0.210. The van der Waals surface area contributed by atoms with Crippen molar-refractivity contribution in [3.8, 4) is 0 Å². The van der Waals surface area contributed by atoms with E-state index in [0.717, 1.165) is 38.5 Å². The van der Waals surface area contributed by atoms with E-state index in [9.17, 15) is 0 Å². The Bertz CT molecular complexity index is 273. The second kappa shape index (κ2) is 25.2. The molecule has 1 unspecified atom stereocenters. The van der Waals surface area contributed by atoms with Gasteiger partial charge in [0.1, 0.15) is 0 Å². The molecule has 28 heavy (non-hydrogen) atoms.